The van der Waals surface area contributed by atoms with Crippen LogP contribution in [0.2, 0.25) is 0 Å². The van der Waals surface area contributed by atoms with E-state index in [4.69, 9.17) is 9.84 Å². The molecule has 1 atom stereocenters. The molecule has 0 radical (unpaired) electrons. The molecule has 0 rings (SSSR count). The molecule has 0 aliphatic carbocycles. The second-order valence-corrected chi connectivity index (χ2v) is 9.79. The second-order valence-electron chi connectivity index (χ2n) is 9.79. The molecular formula is C23H44O5. The van der Waals surface area contributed by atoms with E-state index in [0.29, 0.717) is 13.1 Å². The normalized spacial score (nSPS) is 13.3. The first kappa shape index (κ1) is 26.9. The minimum atomic E-state index is -0.716. The summed E-state index contributed by atoms with van der Waals surface area (Å²) in [6.45, 7) is 9.70. The van der Waals surface area contributed by atoms with Crippen LogP contribution in [0.4, 0.5) is 0 Å². The molecule has 0 amide bonds. The SMILES string of the molecule is CC(C)(CCCCCC(O)CCCCCC(C)(C)CCC(=O)O)CCOC=O. The predicted octanol–water partition coefficient (Wildman–Crippen LogP) is 5.73. The van der Waals surface area contributed by atoms with Crippen LogP contribution in [0.1, 0.15) is 111 Å². The lowest BCUT2D eigenvalue weighted by molar-refractivity contribution is -0.137. The maximum atomic E-state index is 10.7. The zero-order valence-corrected chi connectivity index (χ0v) is 18.7. The lowest BCUT2D eigenvalue weighted by atomic mass is 9.82. The van der Waals surface area contributed by atoms with Gasteiger partial charge in [0.2, 0.25) is 0 Å². The molecule has 0 spiro atoms. The Morgan fingerprint density at radius 3 is 1.82 bits per heavy atom. The van der Waals surface area contributed by atoms with Crippen LogP contribution in [0, 0.1) is 10.8 Å². The van der Waals surface area contributed by atoms with Crippen molar-refractivity contribution in [3.8, 4) is 0 Å². The van der Waals surface area contributed by atoms with Crippen LogP contribution in [0.5, 0.6) is 0 Å². The van der Waals surface area contributed by atoms with E-state index in [1.54, 1.807) is 0 Å². The van der Waals surface area contributed by atoms with Gasteiger partial charge in [-0.2, -0.15) is 0 Å². The number of ether oxygens (including phenoxy) is 1. The highest BCUT2D eigenvalue weighted by atomic mass is 16.5. The van der Waals surface area contributed by atoms with Gasteiger partial charge in [0.25, 0.3) is 6.47 Å². The third kappa shape index (κ3) is 17.0. The van der Waals surface area contributed by atoms with Crippen molar-refractivity contribution in [2.24, 2.45) is 10.8 Å². The summed E-state index contributed by atoms with van der Waals surface area (Å²) in [4.78, 5) is 20.9. The fraction of sp³-hybridized carbons (Fsp3) is 0.913. The Morgan fingerprint density at radius 2 is 1.36 bits per heavy atom. The van der Waals surface area contributed by atoms with Crippen molar-refractivity contribution in [2.75, 3.05) is 6.61 Å². The van der Waals surface area contributed by atoms with Gasteiger partial charge in [-0.15, -0.1) is 0 Å². The number of carboxylic acid groups (broad SMARTS) is 1. The molecule has 2 N–H and O–H groups in total. The third-order valence-electron chi connectivity index (χ3n) is 5.76. The third-order valence-corrected chi connectivity index (χ3v) is 5.76. The number of hydrogen-bond acceptors (Lipinski definition) is 4. The molecule has 0 aromatic heterocycles. The first-order valence-electron chi connectivity index (χ1n) is 11.0. The maximum Gasteiger partial charge on any atom is 0.303 e. The standard InChI is InChI=1S/C23H44O5/c1-22(2,16-13-21(26)27)14-9-5-7-11-20(25)12-8-6-10-15-23(3,4)17-18-28-19-24/h19-20,25H,5-18H2,1-4H3,(H,26,27). The molecule has 0 heterocycles. The van der Waals surface area contributed by atoms with Crippen molar-refractivity contribution in [3.05, 3.63) is 0 Å². The minimum absolute atomic E-state index is 0.0874. The number of rotatable bonds is 19. The number of carboxylic acids is 1. The van der Waals surface area contributed by atoms with Crippen molar-refractivity contribution in [2.45, 2.75) is 117 Å². The Morgan fingerprint density at radius 1 is 0.857 bits per heavy atom. The fourth-order valence-corrected chi connectivity index (χ4v) is 3.54. The average Bonchev–Trinajstić information content (AvgIpc) is 2.59. The Hall–Kier alpha value is -1.10. The van der Waals surface area contributed by atoms with Crippen LogP contribution >= 0.6 is 0 Å². The fourth-order valence-electron chi connectivity index (χ4n) is 3.54. The van der Waals surface area contributed by atoms with E-state index in [1.165, 1.54) is 0 Å². The highest BCUT2D eigenvalue weighted by Gasteiger charge is 2.19. The van der Waals surface area contributed by atoms with Crippen molar-refractivity contribution >= 4 is 12.4 Å². The highest BCUT2D eigenvalue weighted by molar-refractivity contribution is 5.66. The van der Waals surface area contributed by atoms with Gasteiger partial charge in [-0.25, -0.2) is 0 Å². The Labute approximate surface area is 172 Å². The molecule has 28 heavy (non-hydrogen) atoms. The minimum Gasteiger partial charge on any atom is -0.481 e. The van der Waals surface area contributed by atoms with Gasteiger partial charge in [-0.3, -0.25) is 9.59 Å². The summed E-state index contributed by atoms with van der Waals surface area (Å²) in [6.07, 6.45) is 12.1. The number of aliphatic hydroxyl groups excluding tert-OH is 1. The second kappa shape index (κ2) is 14.8. The van der Waals surface area contributed by atoms with Crippen molar-refractivity contribution in [1.29, 1.82) is 0 Å². The van der Waals surface area contributed by atoms with E-state index in [2.05, 4.69) is 27.7 Å². The van der Waals surface area contributed by atoms with Crippen LogP contribution in [0.15, 0.2) is 0 Å². The van der Waals surface area contributed by atoms with Crippen LogP contribution in [-0.4, -0.2) is 35.4 Å². The number of aliphatic hydroxyl groups is 1. The molecule has 0 bridgehead atoms. The molecule has 0 aromatic carbocycles. The Kier molecular flexibility index (Phi) is 14.3. The molecule has 166 valence electrons. The molecule has 0 saturated carbocycles. The number of hydrogen-bond donors (Lipinski definition) is 2. The van der Waals surface area contributed by atoms with Gasteiger partial charge in [-0.05, 0) is 49.4 Å². The first-order chi connectivity index (χ1) is 13.1. The van der Waals surface area contributed by atoms with Gasteiger partial charge in [-0.1, -0.05) is 66.2 Å². The first-order valence-corrected chi connectivity index (χ1v) is 11.0. The quantitative estimate of drug-likeness (QED) is 0.214. The zero-order chi connectivity index (χ0) is 21.5. The van der Waals surface area contributed by atoms with Gasteiger partial charge < -0.3 is 14.9 Å². The van der Waals surface area contributed by atoms with Gasteiger partial charge in [0.05, 0.1) is 12.7 Å². The molecule has 0 aromatic rings. The molecule has 0 fully saturated rings. The molecular weight excluding hydrogens is 356 g/mol. The van der Waals surface area contributed by atoms with Crippen LogP contribution in [0.3, 0.4) is 0 Å². The van der Waals surface area contributed by atoms with Gasteiger partial charge in [0.1, 0.15) is 0 Å². The molecule has 0 aliphatic rings. The highest BCUT2D eigenvalue weighted by Crippen LogP contribution is 2.30. The summed E-state index contributed by atoms with van der Waals surface area (Å²) in [5.41, 5.74) is 0.282. The smallest absolute Gasteiger partial charge is 0.303 e. The van der Waals surface area contributed by atoms with Crippen molar-refractivity contribution in [1.82, 2.24) is 0 Å². The Balaban J connectivity index is 3.63. The summed E-state index contributed by atoms with van der Waals surface area (Å²) in [6, 6.07) is 0. The molecule has 0 aliphatic heterocycles. The predicted molar refractivity (Wildman–Crippen MR) is 113 cm³/mol. The van der Waals surface area contributed by atoms with Gasteiger partial charge >= 0.3 is 5.97 Å². The molecule has 5 nitrogen and oxygen atoms in total. The van der Waals surface area contributed by atoms with E-state index in [-0.39, 0.29) is 23.4 Å². The lowest BCUT2D eigenvalue weighted by Crippen LogP contribution is -2.14. The molecule has 1 unspecified atom stereocenters. The summed E-state index contributed by atoms with van der Waals surface area (Å²) in [7, 11) is 0. The van der Waals surface area contributed by atoms with Crippen LogP contribution < -0.4 is 0 Å². The largest absolute Gasteiger partial charge is 0.481 e. The number of unbranched alkanes of at least 4 members (excludes halogenated alkanes) is 4. The molecule has 5 heteroatoms. The van der Waals surface area contributed by atoms with Crippen molar-refractivity contribution in [3.63, 3.8) is 0 Å². The van der Waals surface area contributed by atoms with E-state index in [0.717, 1.165) is 77.0 Å². The zero-order valence-electron chi connectivity index (χ0n) is 18.7. The topological polar surface area (TPSA) is 83.8 Å². The number of carbonyl (C=O) groups is 2. The summed E-state index contributed by atoms with van der Waals surface area (Å²) in [5.74, 6) is -0.716. The number of aliphatic carboxylic acids is 1. The van der Waals surface area contributed by atoms with Crippen molar-refractivity contribution < 1.29 is 24.5 Å². The van der Waals surface area contributed by atoms with Crippen LogP contribution in [0.25, 0.3) is 0 Å². The van der Waals surface area contributed by atoms with E-state index < -0.39 is 5.97 Å². The average molecular weight is 401 g/mol. The summed E-state index contributed by atoms with van der Waals surface area (Å²) >= 11 is 0. The maximum absolute atomic E-state index is 10.7. The van der Waals surface area contributed by atoms with E-state index >= 15 is 0 Å². The molecule has 0 saturated heterocycles. The van der Waals surface area contributed by atoms with E-state index in [1.807, 2.05) is 0 Å². The lowest BCUT2D eigenvalue weighted by Gasteiger charge is -2.24. The van der Waals surface area contributed by atoms with E-state index in [9.17, 15) is 14.7 Å². The monoisotopic (exact) mass is 400 g/mol. The Bertz CT molecular complexity index is 417. The number of carbonyl (C=O) groups excluding carboxylic acids is 1. The summed E-state index contributed by atoms with van der Waals surface area (Å²) < 4.78 is 4.79. The summed E-state index contributed by atoms with van der Waals surface area (Å²) in [5, 5.41) is 18.9. The van der Waals surface area contributed by atoms with Gasteiger partial charge in [0.15, 0.2) is 0 Å². The van der Waals surface area contributed by atoms with Gasteiger partial charge in [0, 0.05) is 6.42 Å². The van der Waals surface area contributed by atoms with Crippen LogP contribution in [-0.2, 0) is 14.3 Å².